The minimum absolute atomic E-state index is 0.0312. The highest BCUT2D eigenvalue weighted by Gasteiger charge is 2.31. The number of carbonyl (C=O) groups excluding carboxylic acids is 1. The normalized spacial score (nSPS) is 11.9. The van der Waals surface area contributed by atoms with E-state index in [1.807, 2.05) is 0 Å². The number of nitrogen functional groups attached to an aromatic ring is 1. The molecule has 0 aliphatic heterocycles. The van der Waals surface area contributed by atoms with Crippen LogP contribution in [-0.4, -0.2) is 37.4 Å². The SMILES string of the molecule is Nc1nonc1-n1cc(C(=O)NN=Cc2cc(Cl)cc(C(F)(F)F)c2)nn1. The molecule has 0 aliphatic rings. The molecular formula is C13H8ClF3N8O2. The summed E-state index contributed by atoms with van der Waals surface area (Å²) in [6, 6.07) is 2.86. The van der Waals surface area contributed by atoms with Crippen LogP contribution in [0.3, 0.4) is 0 Å². The van der Waals surface area contributed by atoms with Gasteiger partial charge in [0.2, 0.25) is 11.6 Å². The van der Waals surface area contributed by atoms with E-state index in [-0.39, 0.29) is 27.9 Å². The second-order valence-electron chi connectivity index (χ2n) is 4.99. The number of nitrogens with one attached hydrogen (secondary N) is 1. The van der Waals surface area contributed by atoms with Gasteiger partial charge in [-0.2, -0.15) is 23.0 Å². The lowest BCUT2D eigenvalue weighted by atomic mass is 10.1. The highest BCUT2D eigenvalue weighted by Crippen LogP contribution is 2.31. The third-order valence-corrected chi connectivity index (χ3v) is 3.28. The molecule has 140 valence electrons. The number of nitrogens with two attached hydrogens (primary N) is 1. The number of halogens is 4. The summed E-state index contributed by atoms with van der Waals surface area (Å²) < 4.78 is 43.7. The van der Waals surface area contributed by atoms with Crippen molar-refractivity contribution >= 4 is 29.5 Å². The van der Waals surface area contributed by atoms with Gasteiger partial charge in [0.15, 0.2) is 5.69 Å². The number of amides is 1. The predicted molar refractivity (Wildman–Crippen MR) is 85.1 cm³/mol. The second kappa shape index (κ2) is 7.03. The molecule has 0 atom stereocenters. The van der Waals surface area contributed by atoms with Crippen LogP contribution in [0.4, 0.5) is 19.0 Å². The Kier molecular flexibility index (Phi) is 4.77. The van der Waals surface area contributed by atoms with Crippen molar-refractivity contribution in [1.29, 1.82) is 0 Å². The van der Waals surface area contributed by atoms with Crippen LogP contribution in [0.5, 0.6) is 0 Å². The smallest absolute Gasteiger partial charge is 0.378 e. The van der Waals surface area contributed by atoms with E-state index in [2.05, 4.69) is 35.8 Å². The molecule has 3 aromatic rings. The molecule has 3 rings (SSSR count). The van der Waals surface area contributed by atoms with Crippen molar-refractivity contribution < 1.29 is 22.6 Å². The molecule has 1 amide bonds. The average molecular weight is 401 g/mol. The van der Waals surface area contributed by atoms with Gasteiger partial charge in [0.1, 0.15) is 0 Å². The standard InChI is InChI=1S/C13H8ClF3N8O2/c14-8-2-6(1-7(3-8)13(15,16)17)4-19-21-12(26)9-5-25(24-20-9)11-10(18)22-27-23-11/h1-5H,(H2,18,22)(H,21,26). The van der Waals surface area contributed by atoms with Crippen molar-refractivity contribution in [1.82, 2.24) is 30.7 Å². The third-order valence-electron chi connectivity index (χ3n) is 3.07. The summed E-state index contributed by atoms with van der Waals surface area (Å²) in [5, 5.41) is 17.5. The van der Waals surface area contributed by atoms with Gasteiger partial charge in [0.25, 0.3) is 5.91 Å². The van der Waals surface area contributed by atoms with Crippen molar-refractivity contribution in [3.8, 4) is 5.82 Å². The van der Waals surface area contributed by atoms with Gasteiger partial charge >= 0.3 is 6.18 Å². The van der Waals surface area contributed by atoms with Crippen molar-refractivity contribution in [2.75, 3.05) is 5.73 Å². The Bertz CT molecular complexity index is 1010. The lowest BCUT2D eigenvalue weighted by Crippen LogP contribution is -2.18. The maximum absolute atomic E-state index is 12.8. The summed E-state index contributed by atoms with van der Waals surface area (Å²) >= 11 is 5.66. The van der Waals surface area contributed by atoms with Gasteiger partial charge in [-0.15, -0.1) is 5.10 Å². The molecule has 10 nitrogen and oxygen atoms in total. The number of alkyl halides is 3. The topological polar surface area (TPSA) is 137 Å². The van der Waals surface area contributed by atoms with Crippen molar-refractivity contribution in [3.63, 3.8) is 0 Å². The van der Waals surface area contributed by atoms with Gasteiger partial charge in [-0.05, 0) is 34.1 Å². The number of rotatable bonds is 4. The number of benzene rings is 1. The molecule has 2 heterocycles. The monoisotopic (exact) mass is 400 g/mol. The molecule has 0 saturated carbocycles. The van der Waals surface area contributed by atoms with Crippen molar-refractivity contribution in [3.05, 3.63) is 46.2 Å². The van der Waals surface area contributed by atoms with E-state index in [1.54, 1.807) is 0 Å². The lowest BCUT2D eigenvalue weighted by molar-refractivity contribution is -0.137. The van der Waals surface area contributed by atoms with E-state index in [9.17, 15) is 18.0 Å². The fraction of sp³-hybridized carbons (Fsp3) is 0.0769. The number of hydrogen-bond acceptors (Lipinski definition) is 8. The number of hydrazone groups is 1. The molecule has 0 aliphatic carbocycles. The molecule has 0 unspecified atom stereocenters. The number of carbonyl (C=O) groups is 1. The zero-order valence-electron chi connectivity index (χ0n) is 13.0. The van der Waals surface area contributed by atoms with Crippen LogP contribution in [0.15, 0.2) is 34.1 Å². The van der Waals surface area contributed by atoms with Crippen LogP contribution >= 0.6 is 11.6 Å². The molecule has 0 fully saturated rings. The molecule has 27 heavy (non-hydrogen) atoms. The van der Waals surface area contributed by atoms with E-state index in [1.165, 1.54) is 12.3 Å². The van der Waals surface area contributed by atoms with Crippen LogP contribution in [0.25, 0.3) is 5.82 Å². The zero-order valence-corrected chi connectivity index (χ0v) is 13.7. The van der Waals surface area contributed by atoms with Gasteiger partial charge in [0, 0.05) is 5.02 Å². The molecule has 0 spiro atoms. The molecular weight excluding hydrogens is 393 g/mol. The molecule has 2 aromatic heterocycles. The first-order valence-electron chi connectivity index (χ1n) is 6.96. The minimum Gasteiger partial charge on any atom is -0.378 e. The molecule has 0 radical (unpaired) electrons. The fourth-order valence-electron chi connectivity index (χ4n) is 1.89. The Balaban J connectivity index is 1.70. The molecule has 3 N–H and O–H groups in total. The molecule has 14 heteroatoms. The Morgan fingerprint density at radius 1 is 1.33 bits per heavy atom. The van der Waals surface area contributed by atoms with Crippen molar-refractivity contribution in [2.24, 2.45) is 5.10 Å². The quantitative estimate of drug-likeness (QED) is 0.502. The summed E-state index contributed by atoms with van der Waals surface area (Å²) in [6.45, 7) is 0. The molecule has 0 bridgehead atoms. The number of hydrogen-bond donors (Lipinski definition) is 2. The van der Waals surface area contributed by atoms with Crippen LogP contribution in [0.1, 0.15) is 21.6 Å². The number of nitrogens with zero attached hydrogens (tertiary/aromatic N) is 6. The van der Waals surface area contributed by atoms with Gasteiger partial charge in [-0.25, -0.2) is 10.1 Å². The fourth-order valence-corrected chi connectivity index (χ4v) is 2.14. The van der Waals surface area contributed by atoms with Crippen LogP contribution in [-0.2, 0) is 6.18 Å². The first kappa shape index (κ1) is 18.3. The number of aromatic nitrogens is 5. The van der Waals surface area contributed by atoms with E-state index in [4.69, 9.17) is 17.3 Å². The summed E-state index contributed by atoms with van der Waals surface area (Å²) in [4.78, 5) is 12.0. The second-order valence-corrected chi connectivity index (χ2v) is 5.43. The average Bonchev–Trinajstić information content (AvgIpc) is 3.22. The highest BCUT2D eigenvalue weighted by molar-refractivity contribution is 6.30. The van der Waals surface area contributed by atoms with E-state index in [0.717, 1.165) is 23.0 Å². The zero-order chi connectivity index (χ0) is 19.6. The minimum atomic E-state index is -4.56. The summed E-state index contributed by atoms with van der Waals surface area (Å²) in [7, 11) is 0. The Hall–Kier alpha value is -3.48. The molecule has 0 saturated heterocycles. The van der Waals surface area contributed by atoms with Gasteiger partial charge < -0.3 is 5.73 Å². The largest absolute Gasteiger partial charge is 0.416 e. The Morgan fingerprint density at radius 3 is 2.78 bits per heavy atom. The number of anilines is 1. The van der Waals surface area contributed by atoms with Crippen LogP contribution < -0.4 is 11.2 Å². The van der Waals surface area contributed by atoms with Crippen LogP contribution in [0, 0.1) is 0 Å². The third kappa shape index (κ3) is 4.20. The maximum atomic E-state index is 12.8. The van der Waals surface area contributed by atoms with Crippen molar-refractivity contribution in [2.45, 2.75) is 6.18 Å². The van der Waals surface area contributed by atoms with Gasteiger partial charge in [-0.1, -0.05) is 16.8 Å². The summed E-state index contributed by atoms with van der Waals surface area (Å²) in [6.07, 6.45) is -2.38. The Morgan fingerprint density at radius 2 is 2.11 bits per heavy atom. The van der Waals surface area contributed by atoms with E-state index < -0.39 is 17.6 Å². The molecule has 1 aromatic carbocycles. The highest BCUT2D eigenvalue weighted by atomic mass is 35.5. The maximum Gasteiger partial charge on any atom is 0.416 e. The lowest BCUT2D eigenvalue weighted by Gasteiger charge is -2.07. The summed E-state index contributed by atoms with van der Waals surface area (Å²) in [5.41, 5.74) is 6.53. The van der Waals surface area contributed by atoms with Gasteiger partial charge in [0.05, 0.1) is 18.0 Å². The van der Waals surface area contributed by atoms with E-state index in [0.29, 0.717) is 0 Å². The van der Waals surface area contributed by atoms with E-state index >= 15 is 0 Å². The van der Waals surface area contributed by atoms with Crippen LogP contribution in [0.2, 0.25) is 5.02 Å². The summed E-state index contributed by atoms with van der Waals surface area (Å²) in [5.74, 6) is -0.805. The van der Waals surface area contributed by atoms with Gasteiger partial charge in [-0.3, -0.25) is 4.79 Å². The Labute approximate surface area is 152 Å². The first-order valence-corrected chi connectivity index (χ1v) is 7.34. The predicted octanol–water partition coefficient (Wildman–Crippen LogP) is 1.67. The first-order chi connectivity index (χ1) is 12.7.